The molecule has 4 aliphatic heterocycles. The van der Waals surface area contributed by atoms with Gasteiger partial charge >= 0.3 is 0 Å². The summed E-state index contributed by atoms with van der Waals surface area (Å²) in [5, 5.41) is 10.5. The standard InChI is InChI=1S/C53H41B3N2O2S4/c1-26-16-28(3)48-41(17-26)57-40-25-39-36(24-37(40)56(48)52-30(5)33-12-8-10-14-46(33)63-52)54-38-23-35(27(2)19-43(38)59-45-22-32(62-7)20-42(58-39)50(45)54)55-49-29(4)18-31(61-6)21-44(49)60-51-34-13-9-11-15-47(34)64-53(51)55/h8-25,57-58H,1-7H3. The summed E-state index contributed by atoms with van der Waals surface area (Å²) >= 11 is 7.33. The van der Waals surface area contributed by atoms with E-state index in [1.165, 1.54) is 111 Å². The van der Waals surface area contributed by atoms with Gasteiger partial charge in [-0.3, -0.25) is 0 Å². The van der Waals surface area contributed by atoms with Gasteiger partial charge in [0.15, 0.2) is 0 Å². The van der Waals surface area contributed by atoms with Crippen molar-refractivity contribution < 1.29 is 9.47 Å². The Hall–Kier alpha value is -5.45. The predicted molar refractivity (Wildman–Crippen MR) is 284 cm³/mol. The number of hydrogen-bond acceptors (Lipinski definition) is 8. The first kappa shape index (κ1) is 39.0. The highest BCUT2D eigenvalue weighted by atomic mass is 32.2. The van der Waals surface area contributed by atoms with E-state index in [0.717, 1.165) is 40.1 Å². The second-order valence-electron chi connectivity index (χ2n) is 17.9. The lowest BCUT2D eigenvalue weighted by molar-refractivity contribution is 0.486. The van der Waals surface area contributed by atoms with Crippen LogP contribution < -0.4 is 67.9 Å². The zero-order chi connectivity index (χ0) is 43.3. The van der Waals surface area contributed by atoms with Crippen molar-refractivity contribution in [2.75, 3.05) is 23.1 Å². The largest absolute Gasteiger partial charge is 0.458 e. The lowest BCUT2D eigenvalue weighted by Gasteiger charge is -2.37. The highest BCUT2D eigenvalue weighted by Crippen LogP contribution is 2.41. The number of hydrogen-bond donors (Lipinski definition) is 2. The first-order valence-electron chi connectivity index (χ1n) is 21.9. The molecule has 0 amide bonds. The fraction of sp³-hybridized carbons (Fsp3) is 0.132. The number of thioether (sulfide) groups is 2. The molecule has 4 aliphatic rings. The number of thiophene rings is 2. The molecule has 0 fully saturated rings. The second kappa shape index (κ2) is 14.3. The number of rotatable bonds is 4. The van der Waals surface area contributed by atoms with Crippen LogP contribution in [0.15, 0.2) is 119 Å². The van der Waals surface area contributed by atoms with Crippen LogP contribution in [0.3, 0.4) is 0 Å². The van der Waals surface area contributed by atoms with Gasteiger partial charge in [0.05, 0.1) is 0 Å². The van der Waals surface area contributed by atoms with Crippen molar-refractivity contribution in [1.82, 2.24) is 0 Å². The fourth-order valence-electron chi connectivity index (χ4n) is 11.3. The summed E-state index contributed by atoms with van der Waals surface area (Å²) in [6.45, 7) is 11.4. The van der Waals surface area contributed by atoms with Crippen LogP contribution in [0, 0.1) is 34.6 Å². The van der Waals surface area contributed by atoms with Crippen LogP contribution in [0.1, 0.15) is 27.8 Å². The maximum atomic E-state index is 7.08. The Balaban J connectivity index is 1.06. The molecule has 9 aromatic rings. The number of nitrogens with one attached hydrogen (secondary N) is 2. The first-order chi connectivity index (χ1) is 31.1. The monoisotopic (exact) mass is 898 g/mol. The maximum absolute atomic E-state index is 7.08. The lowest BCUT2D eigenvalue weighted by Crippen LogP contribution is -2.63. The van der Waals surface area contributed by atoms with Crippen molar-refractivity contribution in [2.24, 2.45) is 0 Å². The molecule has 0 radical (unpaired) electrons. The SMILES string of the molecule is CSc1cc(C)c2c(c1)Oc1c(sc3ccccc13)B2c1cc2c(cc1C)Oc1cc(SC)cc3c1B2c1cc2c(cc1N3)Nc1cc(C)cc(C)c1B2c1sc2ccccc2c1C. The molecule has 2 N–H and O–H groups in total. The summed E-state index contributed by atoms with van der Waals surface area (Å²) in [4.78, 5) is 2.39. The molecule has 11 heteroatoms. The molecule has 7 aromatic carbocycles. The van der Waals surface area contributed by atoms with Crippen LogP contribution in [0.4, 0.5) is 22.7 Å². The molecule has 0 bridgehead atoms. The number of benzene rings is 7. The van der Waals surface area contributed by atoms with E-state index in [1.54, 1.807) is 23.5 Å². The predicted octanol–water partition coefficient (Wildman–Crippen LogP) is 8.98. The molecule has 0 spiro atoms. The molecule has 0 unspecified atom stereocenters. The minimum absolute atomic E-state index is 0.00531. The van der Waals surface area contributed by atoms with Gasteiger partial charge in [0.1, 0.15) is 23.0 Å². The van der Waals surface area contributed by atoms with Gasteiger partial charge in [-0.15, -0.1) is 46.2 Å². The van der Waals surface area contributed by atoms with E-state index in [0.29, 0.717) is 0 Å². The first-order valence-corrected chi connectivity index (χ1v) is 26.0. The Kier molecular flexibility index (Phi) is 8.69. The lowest BCUT2D eigenvalue weighted by atomic mass is 9.31. The molecule has 13 rings (SSSR count). The molecular formula is C53H41B3N2O2S4. The summed E-state index contributed by atoms with van der Waals surface area (Å²) in [5.74, 6) is 3.80. The number of fused-ring (bicyclic) bond motifs is 11. The second-order valence-corrected chi connectivity index (χ2v) is 21.8. The minimum atomic E-state index is -0.0589. The number of aryl methyl sites for hydroxylation is 5. The number of ether oxygens (including phenoxy) is 2. The van der Waals surface area contributed by atoms with E-state index in [2.05, 4.69) is 167 Å². The molecule has 6 heterocycles. The van der Waals surface area contributed by atoms with E-state index >= 15 is 0 Å². The molecule has 0 saturated heterocycles. The molecule has 0 saturated carbocycles. The van der Waals surface area contributed by atoms with Crippen LogP contribution >= 0.6 is 46.2 Å². The summed E-state index contributed by atoms with van der Waals surface area (Å²) in [6.07, 6.45) is 4.29. The zero-order valence-electron chi connectivity index (χ0n) is 36.6. The van der Waals surface area contributed by atoms with Gasteiger partial charge < -0.3 is 20.1 Å². The van der Waals surface area contributed by atoms with Crippen LogP contribution in [0.2, 0.25) is 0 Å². The summed E-state index contributed by atoms with van der Waals surface area (Å²) in [5.41, 5.74) is 19.9. The van der Waals surface area contributed by atoms with E-state index in [9.17, 15) is 0 Å². The molecule has 308 valence electrons. The Morgan fingerprint density at radius 2 is 1.08 bits per heavy atom. The van der Waals surface area contributed by atoms with E-state index in [1.807, 2.05) is 22.7 Å². The van der Waals surface area contributed by atoms with E-state index in [4.69, 9.17) is 9.47 Å². The minimum Gasteiger partial charge on any atom is -0.458 e. The summed E-state index contributed by atoms with van der Waals surface area (Å²) in [6, 6.07) is 41.2. The Morgan fingerprint density at radius 1 is 0.469 bits per heavy atom. The van der Waals surface area contributed by atoms with E-state index < -0.39 is 0 Å². The zero-order valence-corrected chi connectivity index (χ0v) is 39.8. The van der Waals surface area contributed by atoms with Crippen LogP contribution in [-0.2, 0) is 0 Å². The molecule has 0 aliphatic carbocycles. The molecule has 4 nitrogen and oxygen atoms in total. The maximum Gasteiger partial charge on any atom is 0.264 e. The third-order valence-corrected chi connectivity index (χ3v) is 18.1. The quantitative estimate of drug-likeness (QED) is 0.136. The van der Waals surface area contributed by atoms with Gasteiger partial charge in [-0.2, -0.15) is 0 Å². The average molecular weight is 899 g/mol. The van der Waals surface area contributed by atoms with Gasteiger partial charge in [0, 0.05) is 52.1 Å². The third-order valence-electron chi connectivity index (χ3n) is 14.1. The van der Waals surface area contributed by atoms with Crippen LogP contribution in [0.25, 0.3) is 20.2 Å². The summed E-state index contributed by atoms with van der Waals surface area (Å²) in [7, 11) is 0. The van der Waals surface area contributed by atoms with Crippen molar-refractivity contribution >= 4 is 157 Å². The van der Waals surface area contributed by atoms with Crippen molar-refractivity contribution in [1.29, 1.82) is 0 Å². The molecule has 2 aromatic heterocycles. The van der Waals surface area contributed by atoms with Crippen molar-refractivity contribution in [3.63, 3.8) is 0 Å². The van der Waals surface area contributed by atoms with Gasteiger partial charge in [0.2, 0.25) is 0 Å². The Bertz CT molecular complexity index is 3540. The fourth-order valence-corrected chi connectivity index (χ4v) is 14.9. The summed E-state index contributed by atoms with van der Waals surface area (Å²) < 4.78 is 19.3. The van der Waals surface area contributed by atoms with Gasteiger partial charge in [-0.25, -0.2) is 0 Å². The van der Waals surface area contributed by atoms with E-state index in [-0.39, 0.29) is 20.1 Å². The van der Waals surface area contributed by atoms with Crippen molar-refractivity contribution in [3.8, 4) is 23.0 Å². The highest BCUT2D eigenvalue weighted by Gasteiger charge is 2.45. The van der Waals surface area contributed by atoms with Gasteiger partial charge in [-0.1, -0.05) is 70.7 Å². The molecular weight excluding hydrogens is 857 g/mol. The van der Waals surface area contributed by atoms with Gasteiger partial charge in [-0.05, 0) is 162 Å². The third kappa shape index (κ3) is 5.60. The number of anilines is 4. The van der Waals surface area contributed by atoms with Crippen LogP contribution in [0.5, 0.6) is 23.0 Å². The highest BCUT2D eigenvalue weighted by molar-refractivity contribution is 7.98. The van der Waals surface area contributed by atoms with Crippen molar-refractivity contribution in [3.05, 3.63) is 137 Å². The van der Waals surface area contributed by atoms with Gasteiger partial charge in [0.25, 0.3) is 20.1 Å². The molecule has 0 atom stereocenters. The van der Waals surface area contributed by atoms with Crippen molar-refractivity contribution in [2.45, 2.75) is 44.4 Å². The Labute approximate surface area is 391 Å². The van der Waals surface area contributed by atoms with Crippen LogP contribution in [-0.4, -0.2) is 32.6 Å². The Morgan fingerprint density at radius 3 is 1.83 bits per heavy atom. The topological polar surface area (TPSA) is 42.5 Å². The average Bonchev–Trinajstić information content (AvgIpc) is 3.83. The smallest absolute Gasteiger partial charge is 0.264 e. The molecule has 64 heavy (non-hydrogen) atoms. The normalized spacial score (nSPS) is 13.8.